The van der Waals surface area contributed by atoms with Gasteiger partial charge >= 0.3 is 0 Å². The molecule has 1 N–H and O–H groups in total. The highest BCUT2D eigenvalue weighted by Crippen LogP contribution is 2.44. The largest absolute Gasteiger partial charge is 0.383 e. The molecular weight excluding hydrogens is 434 g/mol. The van der Waals surface area contributed by atoms with Gasteiger partial charge < -0.3 is 19.9 Å². The minimum absolute atomic E-state index is 0.0113. The Kier molecular flexibility index (Phi) is 8.17. The molecule has 0 radical (unpaired) electrons. The zero-order valence-corrected chi connectivity index (χ0v) is 20.5. The van der Waals surface area contributed by atoms with Crippen LogP contribution >= 0.6 is 11.3 Å². The maximum Gasteiger partial charge on any atom is 0.254 e. The van der Waals surface area contributed by atoms with Gasteiger partial charge in [0.05, 0.1) is 18.6 Å². The van der Waals surface area contributed by atoms with Crippen LogP contribution in [0, 0.1) is 5.92 Å². The van der Waals surface area contributed by atoms with Crippen LogP contribution in [-0.4, -0.2) is 68.1 Å². The number of nitrogens with zero attached hydrogens (tertiary/aromatic N) is 2. The maximum absolute atomic E-state index is 13.6. The average Bonchev–Trinajstić information content (AvgIpc) is 3.35. The fourth-order valence-corrected chi connectivity index (χ4v) is 6.07. The fourth-order valence-electron chi connectivity index (χ4n) is 5.20. The van der Waals surface area contributed by atoms with E-state index in [1.54, 1.807) is 18.4 Å². The lowest BCUT2D eigenvalue weighted by Crippen LogP contribution is -2.48. The number of piperidine rings is 1. The quantitative estimate of drug-likeness (QED) is 0.566. The third kappa shape index (κ3) is 5.48. The van der Waals surface area contributed by atoms with Crippen LogP contribution in [0.25, 0.3) is 0 Å². The number of likely N-dealkylation sites (tertiary alicyclic amines) is 1. The van der Waals surface area contributed by atoms with E-state index in [1.165, 1.54) is 12.8 Å². The van der Waals surface area contributed by atoms with E-state index in [4.69, 9.17) is 4.74 Å². The molecule has 3 atom stereocenters. The highest BCUT2D eigenvalue weighted by atomic mass is 32.1. The van der Waals surface area contributed by atoms with Crippen LogP contribution in [0.1, 0.15) is 58.9 Å². The molecule has 2 amide bonds. The topological polar surface area (TPSA) is 61.9 Å². The Balaban J connectivity index is 1.52. The monoisotopic (exact) mass is 469 g/mol. The number of carbonyl (C=O) groups excluding carboxylic acids is 2. The van der Waals surface area contributed by atoms with Crippen molar-refractivity contribution in [2.45, 2.75) is 38.1 Å². The lowest BCUT2D eigenvalue weighted by Gasteiger charge is -2.41. The summed E-state index contributed by atoms with van der Waals surface area (Å²) in [6.07, 6.45) is 3.51. The molecule has 33 heavy (non-hydrogen) atoms. The van der Waals surface area contributed by atoms with E-state index >= 15 is 0 Å². The third-order valence-electron chi connectivity index (χ3n) is 6.78. The molecule has 0 bridgehead atoms. The van der Waals surface area contributed by atoms with Gasteiger partial charge in [-0.3, -0.25) is 9.59 Å². The smallest absolute Gasteiger partial charge is 0.254 e. The van der Waals surface area contributed by atoms with Crippen LogP contribution < -0.4 is 5.32 Å². The predicted molar refractivity (Wildman–Crippen MR) is 132 cm³/mol. The average molecular weight is 470 g/mol. The molecule has 0 spiro atoms. The van der Waals surface area contributed by atoms with E-state index in [0.717, 1.165) is 42.4 Å². The highest BCUT2D eigenvalue weighted by Gasteiger charge is 2.44. The summed E-state index contributed by atoms with van der Waals surface area (Å²) in [5.41, 5.74) is 1.43. The van der Waals surface area contributed by atoms with E-state index in [2.05, 4.69) is 17.1 Å². The highest BCUT2D eigenvalue weighted by molar-refractivity contribution is 7.10. The standard InChI is InChI=1S/C26H35N3O3S/c1-19-8-5-13-28(18-19)14-7-12-27-25(30)23-20-9-3-4-10-21(20)26(31)29(15-16-32-2)24(23)22-11-6-17-33-22/h3-4,6,9-11,17,19,23-24H,5,7-8,12-16,18H2,1-2H3,(H,27,30)/t19-,23-,24-/m0/s1. The van der Waals surface area contributed by atoms with Crippen LogP contribution in [0.3, 0.4) is 0 Å². The van der Waals surface area contributed by atoms with Crippen LogP contribution in [-0.2, 0) is 9.53 Å². The molecule has 7 heteroatoms. The first-order valence-electron chi connectivity index (χ1n) is 12.0. The van der Waals surface area contributed by atoms with Crippen LogP contribution in [0.15, 0.2) is 41.8 Å². The number of nitrogens with one attached hydrogen (secondary N) is 1. The number of amides is 2. The molecule has 1 fully saturated rings. The van der Waals surface area contributed by atoms with Gasteiger partial charge in [0.25, 0.3) is 5.91 Å². The molecule has 3 heterocycles. The van der Waals surface area contributed by atoms with Gasteiger partial charge in [-0.25, -0.2) is 0 Å². The van der Waals surface area contributed by atoms with E-state index in [1.807, 2.05) is 46.7 Å². The number of carbonyl (C=O) groups is 2. The summed E-state index contributed by atoms with van der Waals surface area (Å²) in [6, 6.07) is 11.2. The Labute approximate surface area is 200 Å². The number of methoxy groups -OCH3 is 1. The minimum atomic E-state index is -0.440. The summed E-state index contributed by atoms with van der Waals surface area (Å²) < 4.78 is 5.29. The molecule has 2 aliphatic heterocycles. The number of hydrogen-bond donors (Lipinski definition) is 1. The summed E-state index contributed by atoms with van der Waals surface area (Å²) in [5, 5.41) is 5.20. The Hall–Kier alpha value is -2.22. The van der Waals surface area contributed by atoms with Crippen molar-refractivity contribution < 1.29 is 14.3 Å². The predicted octanol–water partition coefficient (Wildman–Crippen LogP) is 3.91. The summed E-state index contributed by atoms with van der Waals surface area (Å²) in [7, 11) is 1.63. The van der Waals surface area contributed by atoms with Crippen LogP contribution in [0.2, 0.25) is 0 Å². The van der Waals surface area contributed by atoms with E-state index in [-0.39, 0.29) is 17.9 Å². The number of ether oxygens (including phenoxy) is 1. The van der Waals surface area contributed by atoms with Gasteiger partial charge in [-0.2, -0.15) is 0 Å². The molecule has 1 aromatic carbocycles. The molecule has 0 aliphatic carbocycles. The van der Waals surface area contributed by atoms with Crippen molar-refractivity contribution in [3.8, 4) is 0 Å². The first kappa shape index (κ1) is 23.9. The van der Waals surface area contributed by atoms with E-state index in [9.17, 15) is 9.59 Å². The van der Waals surface area contributed by atoms with Crippen molar-refractivity contribution in [2.24, 2.45) is 5.92 Å². The first-order chi connectivity index (χ1) is 16.1. The minimum Gasteiger partial charge on any atom is -0.383 e. The fraction of sp³-hybridized carbons (Fsp3) is 0.538. The number of hydrogen-bond acceptors (Lipinski definition) is 5. The molecule has 2 aliphatic rings. The number of rotatable bonds is 9. The first-order valence-corrected chi connectivity index (χ1v) is 12.9. The second-order valence-electron chi connectivity index (χ2n) is 9.21. The van der Waals surface area contributed by atoms with Crippen molar-refractivity contribution >= 4 is 23.2 Å². The van der Waals surface area contributed by atoms with Crippen molar-refractivity contribution in [3.63, 3.8) is 0 Å². The lowest BCUT2D eigenvalue weighted by atomic mass is 9.81. The summed E-state index contributed by atoms with van der Waals surface area (Å²) in [5.74, 6) is 0.269. The molecule has 178 valence electrons. The summed E-state index contributed by atoms with van der Waals surface area (Å²) in [6.45, 7) is 7.16. The third-order valence-corrected chi connectivity index (χ3v) is 7.73. The van der Waals surface area contributed by atoms with Gasteiger partial charge in [-0.15, -0.1) is 11.3 Å². The molecule has 1 aromatic heterocycles. The van der Waals surface area contributed by atoms with Crippen molar-refractivity contribution in [1.82, 2.24) is 15.1 Å². The van der Waals surface area contributed by atoms with Crippen molar-refractivity contribution in [2.75, 3.05) is 46.4 Å². The molecule has 6 nitrogen and oxygen atoms in total. The number of fused-ring (bicyclic) bond motifs is 1. The second-order valence-corrected chi connectivity index (χ2v) is 10.2. The SMILES string of the molecule is COCCN1C(=O)c2ccccc2[C@H](C(=O)NCCCN2CCC[C@H](C)C2)[C@@H]1c1cccs1. The molecule has 0 saturated carbocycles. The molecule has 1 saturated heterocycles. The Bertz CT molecular complexity index is 933. The number of thiophene rings is 1. The summed E-state index contributed by atoms with van der Waals surface area (Å²) >= 11 is 1.59. The van der Waals surface area contributed by atoms with Crippen LogP contribution in [0.5, 0.6) is 0 Å². The summed E-state index contributed by atoms with van der Waals surface area (Å²) in [4.78, 5) is 32.4. The van der Waals surface area contributed by atoms with Gasteiger partial charge in [0.2, 0.25) is 5.91 Å². The van der Waals surface area contributed by atoms with Gasteiger partial charge in [-0.1, -0.05) is 31.2 Å². The zero-order chi connectivity index (χ0) is 23.2. The normalized spacial score (nSPS) is 23.4. The zero-order valence-electron chi connectivity index (χ0n) is 19.7. The lowest BCUT2D eigenvalue weighted by molar-refractivity contribution is -0.124. The van der Waals surface area contributed by atoms with E-state index < -0.39 is 5.92 Å². The Morgan fingerprint density at radius 3 is 2.82 bits per heavy atom. The van der Waals surface area contributed by atoms with E-state index in [0.29, 0.717) is 25.3 Å². The van der Waals surface area contributed by atoms with Gasteiger partial charge in [0, 0.05) is 37.2 Å². The molecule has 4 rings (SSSR count). The molecule has 0 unspecified atom stereocenters. The molecular formula is C26H35N3O3S. The van der Waals surface area contributed by atoms with Crippen molar-refractivity contribution in [3.05, 3.63) is 57.8 Å². The van der Waals surface area contributed by atoms with Crippen molar-refractivity contribution in [1.29, 1.82) is 0 Å². The Morgan fingerprint density at radius 1 is 1.21 bits per heavy atom. The van der Waals surface area contributed by atoms with Gasteiger partial charge in [0.15, 0.2) is 0 Å². The second kappa shape index (κ2) is 11.3. The Morgan fingerprint density at radius 2 is 2.06 bits per heavy atom. The molecule has 2 aromatic rings. The van der Waals surface area contributed by atoms with Crippen LogP contribution in [0.4, 0.5) is 0 Å². The number of benzene rings is 1. The van der Waals surface area contributed by atoms with Gasteiger partial charge in [-0.05, 0) is 61.3 Å². The van der Waals surface area contributed by atoms with Gasteiger partial charge in [0.1, 0.15) is 0 Å². The maximum atomic E-state index is 13.6.